The Hall–Kier alpha value is 0.504. The van der Waals surface area contributed by atoms with E-state index in [1.165, 1.54) is 0 Å². The molecule has 0 aromatic heterocycles. The van der Waals surface area contributed by atoms with Gasteiger partial charge in [0, 0.05) is 0 Å². The molecule has 1 saturated heterocycles. The van der Waals surface area contributed by atoms with Crippen molar-refractivity contribution in [1.82, 2.24) is 10.6 Å². The van der Waals surface area contributed by atoms with Crippen LogP contribution in [0.15, 0.2) is 0 Å². The van der Waals surface area contributed by atoms with Crippen LogP contribution in [-0.2, 0) is 18.6 Å². The zero-order valence-corrected chi connectivity index (χ0v) is 5.41. The second-order valence-electron chi connectivity index (χ2n) is 1.23. The average molecular weight is 135 g/mol. The first-order valence-electron chi connectivity index (χ1n) is 2.10. The first-order chi connectivity index (χ1) is 3.00. The Morgan fingerprint density at radius 1 is 1.14 bits per heavy atom. The van der Waals surface area contributed by atoms with Crippen molar-refractivity contribution >= 4 is 0 Å². The fourth-order valence-electron chi connectivity index (χ4n) is 0.429. The number of hydrogen-bond donors (Lipinski definition) is 2. The van der Waals surface area contributed by atoms with Gasteiger partial charge in [0.25, 0.3) is 0 Å². The number of hydrogen-bond acceptors (Lipinski definition) is 2. The summed E-state index contributed by atoms with van der Waals surface area (Å²) in [6.45, 7) is 5.92. The summed E-state index contributed by atoms with van der Waals surface area (Å²) in [7, 11) is 0. The quantitative estimate of drug-likeness (QED) is 0.437. The first kappa shape index (κ1) is 7.50. The fourth-order valence-corrected chi connectivity index (χ4v) is 0.429. The minimum atomic E-state index is 0. The third-order valence-electron chi connectivity index (χ3n) is 0.729. The minimum absolute atomic E-state index is 0. The minimum Gasteiger partial charge on any atom is -0.617 e. The van der Waals surface area contributed by atoms with Crippen LogP contribution < -0.4 is 10.6 Å². The molecule has 0 aromatic rings. The van der Waals surface area contributed by atoms with E-state index in [1.807, 2.05) is 13.1 Å². The van der Waals surface area contributed by atoms with E-state index in [1.54, 1.807) is 0 Å². The van der Waals surface area contributed by atoms with Gasteiger partial charge in [-0.2, -0.15) is 0 Å². The van der Waals surface area contributed by atoms with Gasteiger partial charge in [0.05, 0.1) is 0 Å². The summed E-state index contributed by atoms with van der Waals surface area (Å²) in [6, 6.07) is 0. The van der Waals surface area contributed by atoms with Crippen molar-refractivity contribution in [3.05, 3.63) is 13.1 Å². The van der Waals surface area contributed by atoms with Crippen LogP contribution in [0.4, 0.5) is 0 Å². The largest absolute Gasteiger partial charge is 2.00 e. The maximum absolute atomic E-state index is 3.11. The van der Waals surface area contributed by atoms with Gasteiger partial charge in [-0.15, -0.1) is 13.1 Å². The Kier molecular flexibility index (Phi) is 4.99. The molecular weight excluding hydrogens is 127 g/mol. The molecule has 1 aliphatic heterocycles. The SMILES string of the molecule is [CH-]1CNC[CH-]N1.[V+2]. The maximum atomic E-state index is 3.11. The molecule has 2 nitrogen and oxygen atoms in total. The molecule has 1 rings (SSSR count). The molecule has 2 N–H and O–H groups in total. The van der Waals surface area contributed by atoms with E-state index in [2.05, 4.69) is 10.6 Å². The van der Waals surface area contributed by atoms with Crippen molar-refractivity contribution in [2.45, 2.75) is 0 Å². The molecule has 1 heterocycles. The molecule has 0 unspecified atom stereocenters. The number of nitrogens with one attached hydrogen (secondary N) is 2. The van der Waals surface area contributed by atoms with Crippen molar-refractivity contribution in [2.75, 3.05) is 13.1 Å². The van der Waals surface area contributed by atoms with Crippen LogP contribution >= 0.6 is 0 Å². The van der Waals surface area contributed by atoms with E-state index in [-0.39, 0.29) is 18.6 Å². The van der Waals surface area contributed by atoms with Crippen molar-refractivity contribution < 1.29 is 18.6 Å². The van der Waals surface area contributed by atoms with E-state index in [4.69, 9.17) is 0 Å². The van der Waals surface area contributed by atoms with E-state index in [0.29, 0.717) is 0 Å². The molecule has 0 amide bonds. The topological polar surface area (TPSA) is 24.1 Å². The first-order valence-corrected chi connectivity index (χ1v) is 2.10. The second kappa shape index (κ2) is 4.66. The summed E-state index contributed by atoms with van der Waals surface area (Å²) < 4.78 is 0. The number of rotatable bonds is 0. The van der Waals surface area contributed by atoms with Crippen LogP contribution in [0.5, 0.6) is 0 Å². The van der Waals surface area contributed by atoms with Crippen LogP contribution in [-0.4, -0.2) is 13.1 Å². The predicted octanol–water partition coefficient (Wildman–Crippen LogP) is -0.500. The van der Waals surface area contributed by atoms with Gasteiger partial charge in [0.15, 0.2) is 0 Å². The summed E-state index contributed by atoms with van der Waals surface area (Å²) in [5, 5.41) is 6.08. The molecule has 0 atom stereocenters. The third-order valence-corrected chi connectivity index (χ3v) is 0.729. The Balaban J connectivity index is 0.000000360. The smallest absolute Gasteiger partial charge is 0.617 e. The van der Waals surface area contributed by atoms with E-state index >= 15 is 0 Å². The molecule has 1 radical (unpaired) electrons. The zero-order chi connectivity index (χ0) is 4.24. The molecule has 0 aliphatic carbocycles. The van der Waals surface area contributed by atoms with Gasteiger partial charge in [-0.05, 0) is 0 Å². The van der Waals surface area contributed by atoms with Gasteiger partial charge in [-0.3, -0.25) is 13.1 Å². The van der Waals surface area contributed by atoms with E-state index < -0.39 is 0 Å². The molecule has 0 spiro atoms. The van der Waals surface area contributed by atoms with Crippen molar-refractivity contribution in [1.29, 1.82) is 0 Å². The van der Waals surface area contributed by atoms with Crippen LogP contribution in [0.2, 0.25) is 0 Å². The van der Waals surface area contributed by atoms with Gasteiger partial charge in [-0.25, -0.2) is 0 Å². The summed E-state index contributed by atoms with van der Waals surface area (Å²) in [5.41, 5.74) is 0. The van der Waals surface area contributed by atoms with Gasteiger partial charge >= 0.3 is 18.6 Å². The standard InChI is InChI=1S/C4H8N2.V/c1-2-6-4-3-5-1;/h1,3,5-6H,2,4H2;/q-2;+2. The number of piperazine rings is 1. The average Bonchev–Trinajstić information content (AvgIpc) is 1.72. The predicted molar refractivity (Wildman–Crippen MR) is 24.6 cm³/mol. The second-order valence-corrected chi connectivity index (χ2v) is 1.23. The molecule has 0 saturated carbocycles. The van der Waals surface area contributed by atoms with Gasteiger partial charge < -0.3 is 10.6 Å². The Labute approximate surface area is 55.9 Å². The Morgan fingerprint density at radius 2 is 1.71 bits per heavy atom. The molecule has 1 aliphatic rings. The third kappa shape index (κ3) is 3.12. The van der Waals surface area contributed by atoms with Crippen LogP contribution in [0, 0.1) is 13.1 Å². The maximum Gasteiger partial charge on any atom is 2.00 e. The molecule has 3 heteroatoms. The van der Waals surface area contributed by atoms with E-state index in [0.717, 1.165) is 13.1 Å². The molecule has 39 valence electrons. The fraction of sp³-hybridized carbons (Fsp3) is 0.500. The molecule has 0 bridgehead atoms. The van der Waals surface area contributed by atoms with Gasteiger partial charge in [-0.1, -0.05) is 0 Å². The Bertz CT molecular complexity index is 25.2. The normalized spacial score (nSPS) is 20.6. The molecular formula is C4H8N2V. The van der Waals surface area contributed by atoms with Gasteiger partial charge in [0.2, 0.25) is 0 Å². The van der Waals surface area contributed by atoms with E-state index in [9.17, 15) is 0 Å². The Morgan fingerprint density at radius 3 is 1.86 bits per heavy atom. The van der Waals surface area contributed by atoms with Crippen LogP contribution in [0.25, 0.3) is 0 Å². The van der Waals surface area contributed by atoms with Crippen LogP contribution in [0.3, 0.4) is 0 Å². The van der Waals surface area contributed by atoms with Crippen molar-refractivity contribution in [3.63, 3.8) is 0 Å². The summed E-state index contributed by atoms with van der Waals surface area (Å²) in [6.07, 6.45) is 0. The summed E-state index contributed by atoms with van der Waals surface area (Å²) in [5.74, 6) is 0. The summed E-state index contributed by atoms with van der Waals surface area (Å²) in [4.78, 5) is 0. The van der Waals surface area contributed by atoms with Crippen molar-refractivity contribution in [3.8, 4) is 0 Å². The monoisotopic (exact) mass is 135 g/mol. The van der Waals surface area contributed by atoms with Crippen LogP contribution in [0.1, 0.15) is 0 Å². The van der Waals surface area contributed by atoms with Crippen molar-refractivity contribution in [2.24, 2.45) is 0 Å². The summed E-state index contributed by atoms with van der Waals surface area (Å²) >= 11 is 0. The molecule has 0 aromatic carbocycles. The zero-order valence-electron chi connectivity index (χ0n) is 4.02. The molecule has 7 heavy (non-hydrogen) atoms. The van der Waals surface area contributed by atoms with Gasteiger partial charge in [0.1, 0.15) is 0 Å². The molecule has 1 fully saturated rings.